The highest BCUT2D eigenvalue weighted by Gasteiger charge is 2.06. The summed E-state index contributed by atoms with van der Waals surface area (Å²) in [5, 5.41) is 12.9. The fourth-order valence-electron chi connectivity index (χ4n) is 2.42. The van der Waals surface area contributed by atoms with Gasteiger partial charge in [0.05, 0.1) is 10.2 Å². The number of aromatic hydroxyl groups is 1. The molecule has 0 fully saturated rings. The largest absolute Gasteiger partial charge is 0.507 e. The molecule has 1 aromatic heterocycles. The fourth-order valence-corrected chi connectivity index (χ4v) is 3.37. The van der Waals surface area contributed by atoms with E-state index in [4.69, 9.17) is 0 Å². The normalized spacial score (nSPS) is 11.6. The Kier molecular flexibility index (Phi) is 3.09. The second-order valence-electron chi connectivity index (χ2n) is 4.95. The van der Waals surface area contributed by atoms with Crippen LogP contribution in [0.3, 0.4) is 0 Å². The van der Waals surface area contributed by atoms with Gasteiger partial charge in [-0.3, -0.25) is 0 Å². The lowest BCUT2D eigenvalue weighted by molar-refractivity contribution is 0.474. The highest BCUT2D eigenvalue weighted by atomic mass is 32.1. The lowest BCUT2D eigenvalue weighted by Crippen LogP contribution is -1.80. The van der Waals surface area contributed by atoms with Gasteiger partial charge in [0.1, 0.15) is 5.75 Å². The monoisotopic (exact) mass is 304 g/mol. The van der Waals surface area contributed by atoms with Gasteiger partial charge in [-0.1, -0.05) is 53.8 Å². The number of rotatable bonds is 2. The van der Waals surface area contributed by atoms with E-state index in [9.17, 15) is 5.11 Å². The average Bonchev–Trinajstić information content (AvgIpc) is 2.98. The van der Waals surface area contributed by atoms with Gasteiger partial charge in [-0.25, -0.2) is 9.98 Å². The van der Waals surface area contributed by atoms with Crippen LogP contribution in [-0.2, 0) is 0 Å². The van der Waals surface area contributed by atoms with E-state index in [2.05, 4.69) is 28.2 Å². The number of hydrogen-bond acceptors (Lipinski definition) is 4. The maximum atomic E-state index is 9.76. The number of para-hydroxylation sites is 1. The van der Waals surface area contributed by atoms with Crippen molar-refractivity contribution >= 4 is 43.7 Å². The lowest BCUT2D eigenvalue weighted by atomic mass is 10.1. The third-order valence-corrected chi connectivity index (χ3v) is 4.53. The molecule has 1 N–H and O–H groups in total. The van der Waals surface area contributed by atoms with E-state index in [0.717, 1.165) is 10.2 Å². The molecule has 106 valence electrons. The van der Waals surface area contributed by atoms with Gasteiger partial charge in [-0.15, -0.1) is 0 Å². The number of phenols is 1. The number of thiazole rings is 1. The van der Waals surface area contributed by atoms with Crippen molar-refractivity contribution in [1.29, 1.82) is 0 Å². The van der Waals surface area contributed by atoms with Crippen LogP contribution < -0.4 is 0 Å². The maximum Gasteiger partial charge on any atom is 0.210 e. The zero-order valence-corrected chi connectivity index (χ0v) is 12.4. The first-order valence-corrected chi connectivity index (χ1v) is 7.73. The van der Waals surface area contributed by atoms with Gasteiger partial charge in [0, 0.05) is 17.2 Å². The van der Waals surface area contributed by atoms with Gasteiger partial charge in [0.2, 0.25) is 5.13 Å². The summed E-state index contributed by atoms with van der Waals surface area (Å²) in [6.45, 7) is 0. The summed E-state index contributed by atoms with van der Waals surface area (Å²) >= 11 is 1.56. The Morgan fingerprint density at radius 3 is 2.68 bits per heavy atom. The molecule has 0 amide bonds. The summed E-state index contributed by atoms with van der Waals surface area (Å²) in [5.41, 5.74) is 1.64. The van der Waals surface area contributed by atoms with Crippen LogP contribution in [0.1, 0.15) is 5.56 Å². The molecular weight excluding hydrogens is 292 g/mol. The first kappa shape index (κ1) is 13.0. The third-order valence-electron chi connectivity index (χ3n) is 3.52. The van der Waals surface area contributed by atoms with E-state index < -0.39 is 0 Å². The number of hydrogen-bond donors (Lipinski definition) is 1. The Balaban J connectivity index is 1.80. The van der Waals surface area contributed by atoms with Crippen LogP contribution in [0.4, 0.5) is 5.13 Å². The summed E-state index contributed by atoms with van der Waals surface area (Å²) in [7, 11) is 0. The summed E-state index contributed by atoms with van der Waals surface area (Å²) in [4.78, 5) is 8.95. The molecule has 4 rings (SSSR count). The van der Waals surface area contributed by atoms with Crippen molar-refractivity contribution in [3.05, 3.63) is 66.2 Å². The van der Waals surface area contributed by atoms with Gasteiger partial charge < -0.3 is 5.11 Å². The molecule has 3 aromatic carbocycles. The van der Waals surface area contributed by atoms with Crippen LogP contribution >= 0.6 is 11.3 Å². The minimum atomic E-state index is 0.220. The molecule has 0 aliphatic rings. The number of fused-ring (bicyclic) bond motifs is 3. The zero-order chi connectivity index (χ0) is 14.9. The number of phenolic OH excluding ortho intramolecular Hbond substituents is 1. The molecule has 1 heterocycles. The minimum absolute atomic E-state index is 0.220. The van der Waals surface area contributed by atoms with Crippen LogP contribution in [0.25, 0.3) is 21.0 Å². The van der Waals surface area contributed by atoms with Gasteiger partial charge in [0.25, 0.3) is 0 Å². The van der Waals surface area contributed by atoms with Crippen molar-refractivity contribution in [2.45, 2.75) is 0 Å². The fraction of sp³-hybridized carbons (Fsp3) is 0. The number of aromatic nitrogens is 1. The standard InChI is InChI=1S/C18H12N2OS/c21-16-8-4-2-6-13(16)11-19-18-20-15-10-9-12-5-1-3-7-14(12)17(15)22-18/h1-11,21H. The Morgan fingerprint density at radius 1 is 0.955 bits per heavy atom. The number of aliphatic imine (C=N–C) groups is 1. The molecule has 0 spiro atoms. The average molecular weight is 304 g/mol. The van der Waals surface area contributed by atoms with E-state index in [1.54, 1.807) is 29.7 Å². The summed E-state index contributed by atoms with van der Waals surface area (Å²) in [6, 6.07) is 19.5. The molecule has 0 aliphatic heterocycles. The van der Waals surface area contributed by atoms with E-state index in [0.29, 0.717) is 10.7 Å². The Morgan fingerprint density at radius 2 is 1.77 bits per heavy atom. The molecule has 3 nitrogen and oxygen atoms in total. The molecule has 4 aromatic rings. The molecule has 0 unspecified atom stereocenters. The first-order chi connectivity index (χ1) is 10.8. The SMILES string of the molecule is Oc1ccccc1C=Nc1nc2ccc3ccccc3c2s1. The van der Waals surface area contributed by atoms with Crippen LogP contribution in [-0.4, -0.2) is 16.3 Å². The zero-order valence-electron chi connectivity index (χ0n) is 11.6. The van der Waals surface area contributed by atoms with E-state index in [-0.39, 0.29) is 5.75 Å². The first-order valence-electron chi connectivity index (χ1n) is 6.91. The molecule has 0 aliphatic carbocycles. The summed E-state index contributed by atoms with van der Waals surface area (Å²) in [6.07, 6.45) is 1.65. The van der Waals surface area contributed by atoms with E-state index >= 15 is 0 Å². The third kappa shape index (κ3) is 2.23. The summed E-state index contributed by atoms with van der Waals surface area (Å²) in [5.74, 6) is 0.220. The van der Waals surface area contributed by atoms with Crippen molar-refractivity contribution in [3.8, 4) is 5.75 Å². The topological polar surface area (TPSA) is 45.5 Å². The number of nitrogens with zero attached hydrogens (tertiary/aromatic N) is 2. The lowest BCUT2D eigenvalue weighted by Gasteiger charge is -1.96. The van der Waals surface area contributed by atoms with Crippen molar-refractivity contribution in [1.82, 2.24) is 4.98 Å². The summed E-state index contributed by atoms with van der Waals surface area (Å²) < 4.78 is 1.14. The van der Waals surface area contributed by atoms with Crippen LogP contribution in [0, 0.1) is 0 Å². The van der Waals surface area contributed by atoms with Crippen LogP contribution in [0.5, 0.6) is 5.75 Å². The minimum Gasteiger partial charge on any atom is -0.507 e. The molecule has 0 saturated carbocycles. The molecular formula is C18H12N2OS. The Hall–Kier alpha value is -2.72. The van der Waals surface area contributed by atoms with Crippen molar-refractivity contribution in [2.75, 3.05) is 0 Å². The molecule has 0 radical (unpaired) electrons. The molecule has 22 heavy (non-hydrogen) atoms. The highest BCUT2D eigenvalue weighted by molar-refractivity contribution is 7.22. The predicted octanol–water partition coefficient (Wildman–Crippen LogP) is 4.91. The second-order valence-corrected chi connectivity index (χ2v) is 5.93. The second kappa shape index (κ2) is 5.24. The van der Waals surface area contributed by atoms with E-state index in [1.807, 2.05) is 30.3 Å². The van der Waals surface area contributed by atoms with Crippen LogP contribution in [0.15, 0.2) is 65.7 Å². The molecule has 4 heteroatoms. The quantitative estimate of drug-likeness (QED) is 0.535. The maximum absolute atomic E-state index is 9.76. The van der Waals surface area contributed by atoms with Gasteiger partial charge in [0.15, 0.2) is 0 Å². The van der Waals surface area contributed by atoms with Crippen molar-refractivity contribution in [2.24, 2.45) is 4.99 Å². The molecule has 0 atom stereocenters. The van der Waals surface area contributed by atoms with Gasteiger partial charge in [-0.2, -0.15) is 0 Å². The predicted molar refractivity (Wildman–Crippen MR) is 92.5 cm³/mol. The number of benzene rings is 3. The van der Waals surface area contributed by atoms with Gasteiger partial charge in [-0.05, 0) is 23.6 Å². The Labute approximate surface area is 131 Å². The van der Waals surface area contributed by atoms with E-state index in [1.165, 1.54) is 10.8 Å². The van der Waals surface area contributed by atoms with Crippen molar-refractivity contribution < 1.29 is 5.11 Å². The van der Waals surface area contributed by atoms with Crippen molar-refractivity contribution in [3.63, 3.8) is 0 Å². The van der Waals surface area contributed by atoms with Crippen LogP contribution in [0.2, 0.25) is 0 Å². The van der Waals surface area contributed by atoms with Gasteiger partial charge >= 0.3 is 0 Å². The highest BCUT2D eigenvalue weighted by Crippen LogP contribution is 2.33. The molecule has 0 bridgehead atoms. The molecule has 0 saturated heterocycles. The Bertz CT molecular complexity index is 1000. The smallest absolute Gasteiger partial charge is 0.210 e.